The molecule has 0 saturated carbocycles. The highest BCUT2D eigenvalue weighted by atomic mass is 16.6. The molecule has 0 unspecified atom stereocenters. The topological polar surface area (TPSA) is 193 Å². The van der Waals surface area contributed by atoms with Crippen molar-refractivity contribution in [3.8, 4) is 45.9 Å². The molecule has 0 radical (unpaired) electrons. The number of carbonyl (C=O) groups is 2. The molecular weight excluding hydrogens is 746 g/mol. The first kappa shape index (κ1) is 43.2. The fraction of sp³-hybridized carbons (Fsp3) is 0.372. The second kappa shape index (κ2) is 24.7. The lowest BCUT2D eigenvalue weighted by molar-refractivity contribution is 0.00975. The molecule has 4 aromatic rings. The summed E-state index contributed by atoms with van der Waals surface area (Å²) >= 11 is 0. The Morgan fingerprint density at radius 2 is 0.810 bits per heavy atom. The van der Waals surface area contributed by atoms with Gasteiger partial charge in [-0.25, -0.2) is 4.98 Å². The van der Waals surface area contributed by atoms with E-state index < -0.39 is 11.8 Å². The molecule has 3 aromatic carbocycles. The van der Waals surface area contributed by atoms with Crippen LogP contribution in [-0.4, -0.2) is 122 Å². The van der Waals surface area contributed by atoms with Crippen molar-refractivity contribution in [1.29, 1.82) is 10.5 Å². The highest BCUT2D eigenvalue weighted by Crippen LogP contribution is 2.41. The van der Waals surface area contributed by atoms with Crippen molar-refractivity contribution in [1.82, 2.24) is 15.6 Å². The van der Waals surface area contributed by atoms with Gasteiger partial charge in [0, 0.05) is 24.2 Å². The lowest BCUT2D eigenvalue weighted by Gasteiger charge is -2.19. The van der Waals surface area contributed by atoms with Gasteiger partial charge in [0.05, 0.1) is 103 Å². The van der Waals surface area contributed by atoms with Crippen LogP contribution in [0.3, 0.4) is 0 Å². The number of benzene rings is 3. The SMILES string of the molecule is N#Cc1ccc(-c2cc3c(-c4ccc(C#N)cc4)cc2OCCOCCOCCOCCNC(=O)c2cccc(n2)C(=O)NCCOCCOCCOCCO3)cc1. The molecule has 3 heterocycles. The highest BCUT2D eigenvalue weighted by molar-refractivity contribution is 5.96. The zero-order valence-corrected chi connectivity index (χ0v) is 32.2. The highest BCUT2D eigenvalue weighted by Gasteiger charge is 2.17. The Morgan fingerprint density at radius 3 is 1.17 bits per heavy atom. The van der Waals surface area contributed by atoms with E-state index in [0.717, 1.165) is 22.3 Å². The summed E-state index contributed by atoms with van der Waals surface area (Å²) in [5, 5.41) is 24.2. The maximum atomic E-state index is 12.6. The van der Waals surface area contributed by atoms with Gasteiger partial charge in [-0.2, -0.15) is 10.5 Å². The van der Waals surface area contributed by atoms with Gasteiger partial charge >= 0.3 is 0 Å². The lowest BCUT2D eigenvalue weighted by Crippen LogP contribution is -2.31. The van der Waals surface area contributed by atoms with Crippen molar-refractivity contribution in [2.24, 2.45) is 0 Å². The lowest BCUT2D eigenvalue weighted by atomic mass is 9.97. The average molecular weight is 794 g/mol. The van der Waals surface area contributed by atoms with Crippen LogP contribution in [0.5, 0.6) is 11.5 Å². The first-order valence-corrected chi connectivity index (χ1v) is 19.0. The number of fused-ring (bicyclic) bond motifs is 28. The third kappa shape index (κ3) is 14.2. The van der Waals surface area contributed by atoms with Gasteiger partial charge in [0.1, 0.15) is 36.1 Å². The van der Waals surface area contributed by atoms with Crippen molar-refractivity contribution >= 4 is 11.8 Å². The van der Waals surface area contributed by atoms with Crippen molar-refractivity contribution in [3.63, 3.8) is 0 Å². The van der Waals surface area contributed by atoms with Crippen LogP contribution in [-0.2, 0) is 28.4 Å². The molecule has 0 aliphatic carbocycles. The zero-order valence-electron chi connectivity index (χ0n) is 32.2. The number of ether oxygens (including phenoxy) is 8. The molecule has 15 nitrogen and oxygen atoms in total. The predicted molar refractivity (Wildman–Crippen MR) is 212 cm³/mol. The molecule has 4 bridgehead atoms. The third-order valence-electron chi connectivity index (χ3n) is 8.47. The van der Waals surface area contributed by atoms with Crippen molar-refractivity contribution in [2.45, 2.75) is 0 Å². The molecule has 1 aromatic heterocycles. The van der Waals surface area contributed by atoms with Crippen LogP contribution in [0.1, 0.15) is 32.1 Å². The van der Waals surface area contributed by atoms with Crippen LogP contribution >= 0.6 is 0 Å². The van der Waals surface area contributed by atoms with Gasteiger partial charge in [0.25, 0.3) is 11.8 Å². The summed E-state index contributed by atoms with van der Waals surface area (Å²) in [4.78, 5) is 29.3. The minimum absolute atomic E-state index is 0.122. The number of nitrogens with zero attached hydrogens (tertiary/aromatic N) is 3. The molecule has 0 spiro atoms. The monoisotopic (exact) mass is 793 g/mol. The quantitative estimate of drug-likeness (QED) is 0.275. The molecule has 0 saturated heterocycles. The Hall–Kier alpha value is -5.91. The molecule has 304 valence electrons. The summed E-state index contributed by atoms with van der Waals surface area (Å²) in [6.45, 7) is 4.89. The molecule has 0 fully saturated rings. The van der Waals surface area contributed by atoms with Gasteiger partial charge in [-0.3, -0.25) is 9.59 Å². The number of carbonyl (C=O) groups excluding carboxylic acids is 2. The van der Waals surface area contributed by atoms with Crippen LogP contribution < -0.4 is 20.1 Å². The second-order valence-corrected chi connectivity index (χ2v) is 12.5. The molecule has 2 aliphatic heterocycles. The summed E-state index contributed by atoms with van der Waals surface area (Å²) < 4.78 is 46.5. The maximum absolute atomic E-state index is 12.6. The van der Waals surface area contributed by atoms with Gasteiger partial charge < -0.3 is 48.5 Å². The van der Waals surface area contributed by atoms with E-state index in [-0.39, 0.29) is 50.9 Å². The van der Waals surface area contributed by atoms with Crippen LogP contribution in [0.4, 0.5) is 0 Å². The average Bonchev–Trinajstić information content (AvgIpc) is 3.26. The number of nitriles is 2. The first-order chi connectivity index (χ1) is 28.6. The summed E-state index contributed by atoms with van der Waals surface area (Å²) in [6.07, 6.45) is 0. The molecule has 15 heteroatoms. The van der Waals surface area contributed by atoms with E-state index in [1.807, 2.05) is 36.4 Å². The van der Waals surface area contributed by atoms with E-state index in [1.54, 1.807) is 30.3 Å². The Balaban J connectivity index is 1.22. The van der Waals surface area contributed by atoms with E-state index >= 15 is 0 Å². The van der Waals surface area contributed by atoms with Crippen molar-refractivity contribution in [3.05, 3.63) is 101 Å². The minimum atomic E-state index is -0.417. The molecule has 2 aliphatic rings. The molecule has 6 rings (SSSR count). The van der Waals surface area contributed by atoms with E-state index in [2.05, 4.69) is 27.8 Å². The summed E-state index contributed by atoms with van der Waals surface area (Å²) in [6, 6.07) is 27.2. The van der Waals surface area contributed by atoms with Crippen LogP contribution in [0.25, 0.3) is 22.3 Å². The number of rotatable bonds is 2. The Kier molecular flexibility index (Phi) is 18.4. The molecule has 2 N–H and O–H groups in total. The number of pyridine rings is 1. The molecule has 2 amide bonds. The summed E-state index contributed by atoms with van der Waals surface area (Å²) in [5.41, 5.74) is 4.49. The van der Waals surface area contributed by atoms with Gasteiger partial charge in [0.2, 0.25) is 0 Å². The van der Waals surface area contributed by atoms with Crippen LogP contribution in [0, 0.1) is 22.7 Å². The number of amides is 2. The standard InChI is InChI=1S/C43H47N5O10/c44-30-32-4-8-34(9-5-32)36-29-41-37(35-10-6-33(31-45)7-11-35)28-40(36)57-26-24-55-22-20-53-18-16-51-14-12-46-42(49)38-2-1-3-39(48-38)43(50)47-13-15-52-17-19-54-21-23-56-25-27-58-41/h1-11,28-29H,12-27H2,(H,46,49)(H,47,50). The second-order valence-electron chi connectivity index (χ2n) is 12.5. The van der Waals surface area contributed by atoms with E-state index in [4.69, 9.17) is 37.9 Å². The smallest absolute Gasteiger partial charge is 0.269 e. The third-order valence-corrected chi connectivity index (χ3v) is 8.47. The largest absolute Gasteiger partial charge is 0.491 e. The molecule has 58 heavy (non-hydrogen) atoms. The Morgan fingerprint density at radius 1 is 0.466 bits per heavy atom. The number of hydrogen-bond acceptors (Lipinski definition) is 13. The van der Waals surface area contributed by atoms with Crippen LogP contribution in [0.15, 0.2) is 78.9 Å². The summed E-state index contributed by atoms with van der Waals surface area (Å²) in [5.74, 6) is 0.341. The predicted octanol–water partition coefficient (Wildman–Crippen LogP) is 4.19. The minimum Gasteiger partial charge on any atom is -0.491 e. The number of hydrogen-bond donors (Lipinski definition) is 2. The zero-order chi connectivity index (χ0) is 40.6. The van der Waals surface area contributed by atoms with E-state index in [1.165, 1.54) is 12.1 Å². The van der Waals surface area contributed by atoms with Crippen molar-refractivity contribution in [2.75, 3.05) is 106 Å². The van der Waals surface area contributed by atoms with Gasteiger partial charge in [-0.05, 0) is 59.7 Å². The van der Waals surface area contributed by atoms with Gasteiger partial charge in [0.15, 0.2) is 0 Å². The fourth-order valence-electron chi connectivity index (χ4n) is 5.55. The van der Waals surface area contributed by atoms with Gasteiger partial charge in [-0.1, -0.05) is 30.3 Å². The van der Waals surface area contributed by atoms with E-state index in [0.29, 0.717) is 88.7 Å². The Labute approximate surface area is 337 Å². The first-order valence-electron chi connectivity index (χ1n) is 19.0. The van der Waals surface area contributed by atoms with Gasteiger partial charge in [-0.15, -0.1) is 0 Å². The normalized spacial score (nSPS) is 16.7. The fourth-order valence-corrected chi connectivity index (χ4v) is 5.55. The number of nitrogens with one attached hydrogen (secondary N) is 2. The Bertz CT molecular complexity index is 1840. The van der Waals surface area contributed by atoms with Crippen LogP contribution in [0.2, 0.25) is 0 Å². The van der Waals surface area contributed by atoms with Crippen molar-refractivity contribution < 1.29 is 47.5 Å². The van der Waals surface area contributed by atoms with E-state index in [9.17, 15) is 20.1 Å². The molecular formula is C43H47N5O10. The maximum Gasteiger partial charge on any atom is 0.269 e. The number of aromatic nitrogens is 1. The summed E-state index contributed by atoms with van der Waals surface area (Å²) in [7, 11) is 0. The molecule has 0 atom stereocenters.